The molecule has 0 aromatic rings. The fourth-order valence-electron chi connectivity index (χ4n) is 0.705. The Morgan fingerprint density at radius 2 is 2.12 bits per heavy atom. The van der Waals surface area contributed by atoms with E-state index in [1.165, 1.54) is 12.8 Å². The van der Waals surface area contributed by atoms with E-state index in [1.54, 1.807) is 0 Å². The van der Waals surface area contributed by atoms with Gasteiger partial charge in [-0.2, -0.15) is 0 Å². The molecule has 0 unspecified atom stereocenters. The SMILES string of the molecule is [B]N=C(C)C1(C)CC1. The van der Waals surface area contributed by atoms with Gasteiger partial charge in [-0.25, -0.2) is 0 Å². The molecule has 1 rings (SSSR count). The lowest BCUT2D eigenvalue weighted by Crippen LogP contribution is -2.06. The molecule has 42 valence electrons. The third-order valence-electron chi connectivity index (χ3n) is 2.07. The van der Waals surface area contributed by atoms with E-state index in [1.807, 2.05) is 6.92 Å². The van der Waals surface area contributed by atoms with Crippen molar-refractivity contribution >= 4 is 13.7 Å². The zero-order chi connectivity index (χ0) is 6.20. The second kappa shape index (κ2) is 1.61. The van der Waals surface area contributed by atoms with Gasteiger partial charge in [0.15, 0.2) is 0 Å². The van der Waals surface area contributed by atoms with Crippen molar-refractivity contribution in [1.82, 2.24) is 0 Å². The second-order valence-electron chi connectivity index (χ2n) is 2.78. The molecule has 1 aliphatic rings. The standard InChI is InChI=1S/C6H10BN/c1-5(8-7)6(2)3-4-6/h3-4H2,1-2H3. The van der Waals surface area contributed by atoms with Crippen molar-refractivity contribution in [2.75, 3.05) is 0 Å². The molecule has 8 heavy (non-hydrogen) atoms. The number of hydrogen-bond donors (Lipinski definition) is 0. The summed E-state index contributed by atoms with van der Waals surface area (Å²) in [5.41, 5.74) is 1.48. The van der Waals surface area contributed by atoms with Gasteiger partial charge in [0.2, 0.25) is 0 Å². The minimum atomic E-state index is 0.384. The topological polar surface area (TPSA) is 12.4 Å². The zero-order valence-corrected chi connectivity index (χ0v) is 5.44. The molecule has 0 saturated heterocycles. The van der Waals surface area contributed by atoms with Crippen molar-refractivity contribution in [2.24, 2.45) is 10.3 Å². The minimum absolute atomic E-state index is 0.384. The quantitative estimate of drug-likeness (QED) is 0.354. The molecule has 0 spiro atoms. The molecule has 0 N–H and O–H groups in total. The summed E-state index contributed by atoms with van der Waals surface area (Å²) in [6.07, 6.45) is 2.53. The van der Waals surface area contributed by atoms with Crippen molar-refractivity contribution in [2.45, 2.75) is 26.7 Å². The molecule has 1 fully saturated rings. The van der Waals surface area contributed by atoms with E-state index in [2.05, 4.69) is 11.8 Å². The minimum Gasteiger partial charge on any atom is -0.364 e. The Morgan fingerprint density at radius 1 is 1.62 bits per heavy atom. The van der Waals surface area contributed by atoms with Crippen LogP contribution in [0.4, 0.5) is 0 Å². The van der Waals surface area contributed by atoms with Crippen LogP contribution < -0.4 is 0 Å². The van der Waals surface area contributed by atoms with E-state index in [-0.39, 0.29) is 0 Å². The Hall–Kier alpha value is -0.265. The highest BCUT2D eigenvalue weighted by atomic mass is 14.7. The van der Waals surface area contributed by atoms with E-state index >= 15 is 0 Å². The monoisotopic (exact) mass is 107 g/mol. The zero-order valence-electron chi connectivity index (χ0n) is 5.44. The number of nitrogens with zero attached hydrogens (tertiary/aromatic N) is 1. The molecule has 1 aliphatic carbocycles. The van der Waals surface area contributed by atoms with E-state index in [4.69, 9.17) is 7.98 Å². The van der Waals surface area contributed by atoms with E-state index < -0.39 is 0 Å². The van der Waals surface area contributed by atoms with Gasteiger partial charge in [0.1, 0.15) is 0 Å². The fraction of sp³-hybridized carbons (Fsp3) is 0.833. The lowest BCUT2D eigenvalue weighted by molar-refractivity contribution is 0.801. The summed E-state index contributed by atoms with van der Waals surface area (Å²) in [6.45, 7) is 4.19. The second-order valence-corrected chi connectivity index (χ2v) is 2.78. The van der Waals surface area contributed by atoms with Crippen LogP contribution in [0.3, 0.4) is 0 Å². The maximum atomic E-state index is 5.09. The highest BCUT2D eigenvalue weighted by Gasteiger charge is 2.39. The van der Waals surface area contributed by atoms with Crippen LogP contribution in [0.5, 0.6) is 0 Å². The van der Waals surface area contributed by atoms with Crippen LogP contribution in [0.25, 0.3) is 0 Å². The first-order valence-electron chi connectivity index (χ1n) is 2.94. The first kappa shape index (κ1) is 5.86. The van der Waals surface area contributed by atoms with E-state index in [0.717, 1.165) is 5.71 Å². The highest BCUT2D eigenvalue weighted by Crippen LogP contribution is 2.45. The molecule has 0 bridgehead atoms. The van der Waals surface area contributed by atoms with Crippen molar-refractivity contribution in [3.63, 3.8) is 0 Å². The van der Waals surface area contributed by atoms with Gasteiger partial charge in [-0.1, -0.05) is 6.92 Å². The summed E-state index contributed by atoms with van der Waals surface area (Å²) in [5, 5.41) is 0. The molecule has 0 atom stereocenters. The molecule has 0 heterocycles. The molecule has 0 aliphatic heterocycles. The van der Waals surface area contributed by atoms with Gasteiger partial charge >= 0.3 is 0 Å². The molecular weight excluding hydrogens is 96.9 g/mol. The van der Waals surface area contributed by atoms with Crippen LogP contribution in [0.15, 0.2) is 4.90 Å². The Kier molecular flexibility index (Phi) is 1.18. The summed E-state index contributed by atoms with van der Waals surface area (Å²) in [4.78, 5) is 3.64. The number of rotatable bonds is 1. The van der Waals surface area contributed by atoms with Crippen molar-refractivity contribution in [3.05, 3.63) is 0 Å². The first-order valence-corrected chi connectivity index (χ1v) is 2.94. The molecule has 2 radical (unpaired) electrons. The predicted octanol–water partition coefficient (Wildman–Crippen LogP) is 1.33. The fourth-order valence-corrected chi connectivity index (χ4v) is 0.705. The van der Waals surface area contributed by atoms with Crippen LogP contribution in [0.1, 0.15) is 26.7 Å². The van der Waals surface area contributed by atoms with Crippen molar-refractivity contribution in [3.8, 4) is 0 Å². The van der Waals surface area contributed by atoms with Crippen LogP contribution in [-0.4, -0.2) is 13.7 Å². The smallest absolute Gasteiger partial charge is 0.259 e. The average Bonchev–Trinajstić information content (AvgIpc) is 2.47. The predicted molar refractivity (Wildman–Crippen MR) is 36.2 cm³/mol. The Labute approximate surface area is 51.6 Å². The Morgan fingerprint density at radius 3 is 2.25 bits per heavy atom. The van der Waals surface area contributed by atoms with Gasteiger partial charge < -0.3 is 4.90 Å². The van der Waals surface area contributed by atoms with Crippen LogP contribution in [-0.2, 0) is 0 Å². The van der Waals surface area contributed by atoms with Gasteiger partial charge in [0, 0.05) is 5.41 Å². The summed E-state index contributed by atoms with van der Waals surface area (Å²) >= 11 is 0. The van der Waals surface area contributed by atoms with Gasteiger partial charge in [-0.3, -0.25) is 0 Å². The molecule has 2 heteroatoms. The summed E-state index contributed by atoms with van der Waals surface area (Å²) < 4.78 is 0. The lowest BCUT2D eigenvalue weighted by atomic mass is 10.0. The van der Waals surface area contributed by atoms with Crippen molar-refractivity contribution < 1.29 is 0 Å². The van der Waals surface area contributed by atoms with Gasteiger partial charge in [0.05, 0.1) is 0 Å². The normalized spacial score (nSPS) is 25.5. The van der Waals surface area contributed by atoms with Crippen LogP contribution >= 0.6 is 0 Å². The van der Waals surface area contributed by atoms with E-state index in [0.29, 0.717) is 5.41 Å². The maximum Gasteiger partial charge on any atom is 0.259 e. The number of hydrogen-bond acceptors (Lipinski definition) is 1. The van der Waals surface area contributed by atoms with E-state index in [9.17, 15) is 0 Å². The van der Waals surface area contributed by atoms with Gasteiger partial charge in [0.25, 0.3) is 7.98 Å². The third kappa shape index (κ3) is 0.793. The van der Waals surface area contributed by atoms with Crippen LogP contribution in [0, 0.1) is 5.41 Å². The molecule has 0 aromatic heterocycles. The third-order valence-corrected chi connectivity index (χ3v) is 2.07. The molecule has 1 saturated carbocycles. The van der Waals surface area contributed by atoms with Crippen LogP contribution in [0.2, 0.25) is 0 Å². The van der Waals surface area contributed by atoms with Gasteiger partial charge in [-0.05, 0) is 25.5 Å². The molecular formula is C6H10BN. The van der Waals surface area contributed by atoms with Crippen molar-refractivity contribution in [1.29, 1.82) is 0 Å². The molecule has 1 nitrogen and oxygen atoms in total. The molecule has 0 amide bonds. The Balaban J connectivity index is 2.59. The largest absolute Gasteiger partial charge is 0.364 e. The molecule has 0 aromatic carbocycles. The lowest BCUT2D eigenvalue weighted by Gasteiger charge is -2.04. The maximum absolute atomic E-state index is 5.09. The summed E-state index contributed by atoms with van der Waals surface area (Å²) in [6, 6.07) is 0. The first-order chi connectivity index (χ1) is 3.69. The average molecular weight is 107 g/mol. The summed E-state index contributed by atoms with van der Waals surface area (Å²) in [5.74, 6) is 0. The Bertz CT molecular complexity index is 124. The van der Waals surface area contributed by atoms with Gasteiger partial charge in [-0.15, -0.1) is 0 Å². The summed E-state index contributed by atoms with van der Waals surface area (Å²) in [7, 11) is 5.09. The highest BCUT2D eigenvalue weighted by molar-refractivity contribution is 6.13.